The molecule has 1 N–H and O–H groups in total. The largest absolute Gasteiger partial charge is 0.497 e. The first-order chi connectivity index (χ1) is 12.8. The highest BCUT2D eigenvalue weighted by molar-refractivity contribution is 5.90. The summed E-state index contributed by atoms with van der Waals surface area (Å²) in [6.07, 6.45) is 2.07. The Kier molecular flexibility index (Phi) is 4.35. The Balaban J connectivity index is 1.67. The molecule has 0 aliphatic carbocycles. The molecule has 3 aromatic rings. The van der Waals surface area contributed by atoms with Crippen LogP contribution in [0.25, 0.3) is 0 Å². The predicted octanol–water partition coefficient (Wildman–Crippen LogP) is 4.13. The molecule has 0 fully saturated rings. The van der Waals surface area contributed by atoms with Crippen molar-refractivity contribution in [3.8, 4) is 5.75 Å². The molecular weight excluding hydrogens is 326 g/mol. The molecule has 0 saturated carbocycles. The van der Waals surface area contributed by atoms with Crippen LogP contribution in [0.4, 0.5) is 10.5 Å². The summed E-state index contributed by atoms with van der Waals surface area (Å²) in [5.41, 5.74) is 2.98. The van der Waals surface area contributed by atoms with Gasteiger partial charge >= 0.3 is 6.03 Å². The average molecular weight is 347 g/mol. The lowest BCUT2D eigenvalue weighted by Gasteiger charge is -2.37. The monoisotopic (exact) mass is 347 g/mol. The van der Waals surface area contributed by atoms with Gasteiger partial charge < -0.3 is 19.5 Å². The van der Waals surface area contributed by atoms with Gasteiger partial charge in [-0.15, -0.1) is 0 Å². The number of fused-ring (bicyclic) bond motifs is 1. The lowest BCUT2D eigenvalue weighted by Crippen LogP contribution is -2.44. The third-order valence-electron chi connectivity index (χ3n) is 4.76. The topological polar surface area (TPSA) is 46.5 Å². The normalized spacial score (nSPS) is 16.0. The number of benzene rings is 2. The molecular formula is C21H21N3O2. The van der Waals surface area contributed by atoms with Crippen LogP contribution in [-0.2, 0) is 6.54 Å². The number of carbonyl (C=O) groups is 1. The van der Waals surface area contributed by atoms with Crippen molar-refractivity contribution in [1.29, 1.82) is 0 Å². The molecule has 0 spiro atoms. The van der Waals surface area contributed by atoms with Crippen molar-refractivity contribution in [2.75, 3.05) is 19.0 Å². The third kappa shape index (κ3) is 3.04. The number of rotatable bonds is 3. The molecule has 2 amide bonds. The number of nitrogens with zero attached hydrogens (tertiary/aromatic N) is 2. The summed E-state index contributed by atoms with van der Waals surface area (Å²) >= 11 is 0. The summed E-state index contributed by atoms with van der Waals surface area (Å²) in [5, 5.41) is 3.01. The van der Waals surface area contributed by atoms with E-state index in [4.69, 9.17) is 4.74 Å². The molecule has 1 aliphatic rings. The summed E-state index contributed by atoms with van der Waals surface area (Å²) in [5.74, 6) is 0.806. The molecule has 0 radical (unpaired) electrons. The van der Waals surface area contributed by atoms with Crippen LogP contribution in [-0.4, -0.2) is 29.2 Å². The van der Waals surface area contributed by atoms with Gasteiger partial charge in [0.25, 0.3) is 0 Å². The highest BCUT2D eigenvalue weighted by atomic mass is 16.5. The van der Waals surface area contributed by atoms with Crippen LogP contribution in [0.1, 0.15) is 17.3 Å². The fraction of sp³-hybridized carbons (Fsp3) is 0.190. The zero-order valence-electron chi connectivity index (χ0n) is 14.6. The number of hydrogen-bond acceptors (Lipinski definition) is 2. The summed E-state index contributed by atoms with van der Waals surface area (Å²) in [6, 6.07) is 21.4. The zero-order valence-corrected chi connectivity index (χ0v) is 14.6. The lowest BCUT2D eigenvalue weighted by molar-refractivity contribution is 0.182. The second-order valence-electron chi connectivity index (χ2n) is 6.29. The van der Waals surface area contributed by atoms with Gasteiger partial charge in [-0.1, -0.05) is 30.3 Å². The van der Waals surface area contributed by atoms with Crippen molar-refractivity contribution in [3.63, 3.8) is 0 Å². The summed E-state index contributed by atoms with van der Waals surface area (Å²) in [6.45, 7) is 1.44. The first-order valence-corrected chi connectivity index (χ1v) is 8.68. The molecule has 1 aliphatic heterocycles. The highest BCUT2D eigenvalue weighted by Crippen LogP contribution is 2.33. The van der Waals surface area contributed by atoms with Crippen LogP contribution in [0, 0.1) is 0 Å². The van der Waals surface area contributed by atoms with E-state index in [2.05, 4.69) is 22.1 Å². The van der Waals surface area contributed by atoms with Crippen molar-refractivity contribution >= 4 is 11.7 Å². The van der Waals surface area contributed by atoms with Gasteiger partial charge in [-0.25, -0.2) is 4.79 Å². The molecule has 1 aromatic heterocycles. The standard InChI is InChI=1S/C21H21N3O2/c1-26-18-11-9-16(10-12-18)20-19-8-5-13-23(19)14-15-24(20)21(25)22-17-6-3-2-4-7-17/h2-13,20H,14-15H2,1H3,(H,22,25). The Morgan fingerprint density at radius 2 is 1.77 bits per heavy atom. The Hall–Kier alpha value is -3.21. The van der Waals surface area contributed by atoms with Crippen LogP contribution in [0.5, 0.6) is 5.75 Å². The van der Waals surface area contributed by atoms with Gasteiger partial charge in [0.1, 0.15) is 5.75 Å². The average Bonchev–Trinajstić information content (AvgIpc) is 3.17. The van der Waals surface area contributed by atoms with E-state index in [0.29, 0.717) is 6.54 Å². The van der Waals surface area contributed by atoms with Gasteiger partial charge in [-0.05, 0) is 42.0 Å². The Morgan fingerprint density at radius 3 is 2.50 bits per heavy atom. The second kappa shape index (κ2) is 6.96. The van der Waals surface area contributed by atoms with Crippen LogP contribution < -0.4 is 10.1 Å². The van der Waals surface area contributed by atoms with Gasteiger partial charge in [0.05, 0.1) is 13.2 Å². The molecule has 5 nitrogen and oxygen atoms in total. The Morgan fingerprint density at radius 1 is 1.00 bits per heavy atom. The van der Waals surface area contributed by atoms with Crippen LogP contribution >= 0.6 is 0 Å². The molecule has 26 heavy (non-hydrogen) atoms. The number of hydrogen-bond donors (Lipinski definition) is 1. The number of anilines is 1. The van der Waals surface area contributed by atoms with Crippen molar-refractivity contribution < 1.29 is 9.53 Å². The second-order valence-corrected chi connectivity index (χ2v) is 6.29. The number of para-hydroxylation sites is 1. The molecule has 132 valence electrons. The molecule has 2 heterocycles. The van der Waals surface area contributed by atoms with E-state index >= 15 is 0 Å². The number of aromatic nitrogens is 1. The fourth-order valence-electron chi connectivity index (χ4n) is 3.46. The van der Waals surface area contributed by atoms with Gasteiger partial charge in [0.15, 0.2) is 0 Å². The zero-order chi connectivity index (χ0) is 17.9. The molecule has 4 rings (SSSR count). The number of nitrogens with one attached hydrogen (secondary N) is 1. The number of amides is 2. The molecule has 5 heteroatoms. The maximum atomic E-state index is 13.0. The van der Waals surface area contributed by atoms with Crippen molar-refractivity contribution in [3.05, 3.63) is 84.2 Å². The third-order valence-corrected chi connectivity index (χ3v) is 4.76. The molecule has 1 unspecified atom stereocenters. The number of carbonyl (C=O) groups excluding carboxylic acids is 1. The summed E-state index contributed by atoms with van der Waals surface area (Å²) in [4.78, 5) is 14.9. The lowest BCUT2D eigenvalue weighted by atomic mass is 10.00. The first kappa shape index (κ1) is 16.3. The summed E-state index contributed by atoms with van der Waals surface area (Å²) in [7, 11) is 1.65. The van der Waals surface area contributed by atoms with E-state index in [-0.39, 0.29) is 12.1 Å². The molecule has 0 saturated heterocycles. The van der Waals surface area contributed by atoms with Gasteiger partial charge in [-0.3, -0.25) is 0 Å². The minimum atomic E-state index is -0.131. The van der Waals surface area contributed by atoms with Crippen molar-refractivity contribution in [1.82, 2.24) is 9.47 Å². The van der Waals surface area contributed by atoms with Crippen LogP contribution in [0.2, 0.25) is 0 Å². The van der Waals surface area contributed by atoms with Crippen LogP contribution in [0.3, 0.4) is 0 Å². The van der Waals surface area contributed by atoms with Gasteiger partial charge in [0.2, 0.25) is 0 Å². The van der Waals surface area contributed by atoms with Gasteiger partial charge in [-0.2, -0.15) is 0 Å². The van der Waals surface area contributed by atoms with Crippen LogP contribution in [0.15, 0.2) is 72.9 Å². The van der Waals surface area contributed by atoms with Crippen molar-refractivity contribution in [2.45, 2.75) is 12.6 Å². The van der Waals surface area contributed by atoms with Gasteiger partial charge in [0, 0.05) is 30.7 Å². The minimum absolute atomic E-state index is 0.0931. The van der Waals surface area contributed by atoms with E-state index in [1.165, 1.54) is 0 Å². The smallest absolute Gasteiger partial charge is 0.322 e. The van der Waals surface area contributed by atoms with E-state index in [1.54, 1.807) is 7.11 Å². The molecule has 2 aromatic carbocycles. The fourth-order valence-corrected chi connectivity index (χ4v) is 3.46. The summed E-state index contributed by atoms with van der Waals surface area (Å²) < 4.78 is 7.48. The highest BCUT2D eigenvalue weighted by Gasteiger charge is 2.32. The molecule has 1 atom stereocenters. The number of urea groups is 1. The first-order valence-electron chi connectivity index (χ1n) is 8.68. The number of ether oxygens (including phenoxy) is 1. The maximum Gasteiger partial charge on any atom is 0.322 e. The maximum absolute atomic E-state index is 13.0. The van der Waals surface area contributed by atoms with E-state index in [9.17, 15) is 4.79 Å². The quantitative estimate of drug-likeness (QED) is 0.774. The Labute approximate surface area is 152 Å². The predicted molar refractivity (Wildman–Crippen MR) is 101 cm³/mol. The van der Waals surface area contributed by atoms with Crippen molar-refractivity contribution in [2.24, 2.45) is 0 Å². The van der Waals surface area contributed by atoms with E-state index in [1.807, 2.05) is 65.6 Å². The Bertz CT molecular complexity index is 887. The van der Waals surface area contributed by atoms with E-state index in [0.717, 1.165) is 29.2 Å². The number of methoxy groups -OCH3 is 1. The molecule has 0 bridgehead atoms. The SMILES string of the molecule is COc1ccc(C2c3cccn3CCN2C(=O)Nc2ccccc2)cc1. The minimum Gasteiger partial charge on any atom is -0.497 e. The van der Waals surface area contributed by atoms with E-state index < -0.39 is 0 Å².